The van der Waals surface area contributed by atoms with Crippen molar-refractivity contribution in [2.45, 2.75) is 63.7 Å². The SMILES string of the molecule is CC(C)(C[C@H]1CC[C@H](O)CC1)NC[C@H](O)c1cccc(F)c1. The van der Waals surface area contributed by atoms with Crippen molar-refractivity contribution in [3.63, 3.8) is 0 Å². The fourth-order valence-electron chi connectivity index (χ4n) is 3.35. The molecule has 124 valence electrons. The van der Waals surface area contributed by atoms with Crippen LogP contribution >= 0.6 is 0 Å². The molecule has 22 heavy (non-hydrogen) atoms. The number of hydrogen-bond acceptors (Lipinski definition) is 3. The molecule has 2 rings (SSSR count). The van der Waals surface area contributed by atoms with Gasteiger partial charge in [-0.05, 0) is 69.6 Å². The van der Waals surface area contributed by atoms with Crippen LogP contribution in [0.3, 0.4) is 0 Å². The molecule has 4 heteroatoms. The van der Waals surface area contributed by atoms with E-state index in [2.05, 4.69) is 19.2 Å². The van der Waals surface area contributed by atoms with Crippen LogP contribution < -0.4 is 5.32 Å². The van der Waals surface area contributed by atoms with Crippen LogP contribution in [0.4, 0.5) is 4.39 Å². The Labute approximate surface area is 132 Å². The van der Waals surface area contributed by atoms with E-state index in [-0.39, 0.29) is 17.5 Å². The zero-order valence-corrected chi connectivity index (χ0v) is 13.6. The molecule has 0 heterocycles. The number of aliphatic hydroxyl groups excluding tert-OH is 2. The first-order valence-corrected chi connectivity index (χ1v) is 8.22. The van der Waals surface area contributed by atoms with Crippen molar-refractivity contribution in [1.29, 1.82) is 0 Å². The average Bonchev–Trinajstić information content (AvgIpc) is 2.47. The molecular weight excluding hydrogens is 281 g/mol. The van der Waals surface area contributed by atoms with Crippen LogP contribution in [-0.4, -0.2) is 28.4 Å². The summed E-state index contributed by atoms with van der Waals surface area (Å²) in [6, 6.07) is 6.12. The van der Waals surface area contributed by atoms with Crippen molar-refractivity contribution in [1.82, 2.24) is 5.32 Å². The van der Waals surface area contributed by atoms with Gasteiger partial charge in [-0.15, -0.1) is 0 Å². The average molecular weight is 309 g/mol. The van der Waals surface area contributed by atoms with Gasteiger partial charge in [-0.1, -0.05) is 12.1 Å². The highest BCUT2D eigenvalue weighted by Crippen LogP contribution is 2.31. The molecule has 0 spiro atoms. The summed E-state index contributed by atoms with van der Waals surface area (Å²) < 4.78 is 13.2. The van der Waals surface area contributed by atoms with Gasteiger partial charge in [0, 0.05) is 12.1 Å². The molecule has 1 aliphatic carbocycles. The number of β-amino-alcohol motifs (C(OH)–C–C–N with tert-alkyl or cyclic N) is 1. The van der Waals surface area contributed by atoms with Crippen LogP contribution in [0.2, 0.25) is 0 Å². The fraction of sp³-hybridized carbons (Fsp3) is 0.667. The Balaban J connectivity index is 1.81. The van der Waals surface area contributed by atoms with Gasteiger partial charge < -0.3 is 15.5 Å². The number of halogens is 1. The lowest BCUT2D eigenvalue weighted by Crippen LogP contribution is -2.43. The summed E-state index contributed by atoms with van der Waals surface area (Å²) in [7, 11) is 0. The van der Waals surface area contributed by atoms with Gasteiger partial charge in [0.25, 0.3) is 0 Å². The standard InChI is InChI=1S/C18H28FNO2/c1-18(2,11-13-6-8-16(21)9-7-13)20-12-17(22)14-4-3-5-15(19)10-14/h3-5,10,13,16-17,20-22H,6-9,11-12H2,1-2H3/t13-,16-,17-/m0/s1. The van der Waals surface area contributed by atoms with E-state index in [1.807, 2.05) is 0 Å². The largest absolute Gasteiger partial charge is 0.393 e. The number of aliphatic hydroxyl groups is 2. The topological polar surface area (TPSA) is 52.5 Å². The molecule has 1 aromatic carbocycles. The van der Waals surface area contributed by atoms with Gasteiger partial charge in [0.05, 0.1) is 12.2 Å². The van der Waals surface area contributed by atoms with Crippen molar-refractivity contribution in [2.75, 3.05) is 6.54 Å². The third kappa shape index (κ3) is 5.34. The zero-order valence-electron chi connectivity index (χ0n) is 13.6. The third-order valence-corrected chi connectivity index (χ3v) is 4.62. The maximum atomic E-state index is 13.2. The summed E-state index contributed by atoms with van der Waals surface area (Å²) in [5.41, 5.74) is 0.519. The summed E-state index contributed by atoms with van der Waals surface area (Å²) in [5, 5.41) is 23.2. The molecule has 0 amide bonds. The highest BCUT2D eigenvalue weighted by molar-refractivity contribution is 5.19. The predicted octanol–water partition coefficient (Wildman–Crippen LogP) is 3.17. The van der Waals surface area contributed by atoms with Gasteiger partial charge in [0.15, 0.2) is 0 Å². The first-order valence-electron chi connectivity index (χ1n) is 8.22. The molecule has 0 aliphatic heterocycles. The second-order valence-corrected chi connectivity index (χ2v) is 7.21. The van der Waals surface area contributed by atoms with Crippen LogP contribution in [0.1, 0.15) is 57.6 Å². The van der Waals surface area contributed by atoms with Crippen molar-refractivity contribution < 1.29 is 14.6 Å². The van der Waals surface area contributed by atoms with Crippen LogP contribution in [0.25, 0.3) is 0 Å². The van der Waals surface area contributed by atoms with E-state index in [9.17, 15) is 14.6 Å². The van der Waals surface area contributed by atoms with E-state index >= 15 is 0 Å². The minimum Gasteiger partial charge on any atom is -0.393 e. The summed E-state index contributed by atoms with van der Waals surface area (Å²) in [5.74, 6) is 0.300. The predicted molar refractivity (Wildman–Crippen MR) is 86.0 cm³/mol. The molecule has 3 N–H and O–H groups in total. The minimum absolute atomic E-state index is 0.0821. The van der Waals surface area contributed by atoms with Crippen molar-refractivity contribution in [3.8, 4) is 0 Å². The Kier molecular flexibility index (Phi) is 5.95. The normalized spacial score (nSPS) is 24.2. The van der Waals surface area contributed by atoms with Gasteiger partial charge in [0.1, 0.15) is 5.82 Å². The van der Waals surface area contributed by atoms with Crippen molar-refractivity contribution >= 4 is 0 Å². The Morgan fingerprint density at radius 1 is 1.27 bits per heavy atom. The molecule has 3 nitrogen and oxygen atoms in total. The van der Waals surface area contributed by atoms with E-state index in [1.165, 1.54) is 12.1 Å². The zero-order chi connectivity index (χ0) is 16.2. The summed E-state index contributed by atoms with van der Waals surface area (Å²) in [6.45, 7) is 4.68. The van der Waals surface area contributed by atoms with Gasteiger partial charge in [-0.25, -0.2) is 4.39 Å². The highest BCUT2D eigenvalue weighted by Gasteiger charge is 2.27. The summed E-state index contributed by atoms with van der Waals surface area (Å²) in [4.78, 5) is 0. The molecule has 1 aromatic rings. The Bertz CT molecular complexity index is 470. The van der Waals surface area contributed by atoms with E-state index in [0.29, 0.717) is 18.0 Å². The lowest BCUT2D eigenvalue weighted by atomic mass is 9.80. The Morgan fingerprint density at radius 3 is 2.59 bits per heavy atom. The molecular formula is C18H28FNO2. The lowest BCUT2D eigenvalue weighted by Gasteiger charge is -2.34. The molecule has 0 bridgehead atoms. The Hall–Kier alpha value is -0.970. The molecule has 0 aromatic heterocycles. The summed E-state index contributed by atoms with van der Waals surface area (Å²) in [6.07, 6.45) is 4.12. The lowest BCUT2D eigenvalue weighted by molar-refractivity contribution is 0.0949. The van der Waals surface area contributed by atoms with E-state index in [0.717, 1.165) is 32.1 Å². The van der Waals surface area contributed by atoms with E-state index in [4.69, 9.17) is 0 Å². The maximum absolute atomic E-state index is 13.2. The highest BCUT2D eigenvalue weighted by atomic mass is 19.1. The molecule has 1 saturated carbocycles. The maximum Gasteiger partial charge on any atom is 0.123 e. The molecule has 0 unspecified atom stereocenters. The van der Waals surface area contributed by atoms with Gasteiger partial charge >= 0.3 is 0 Å². The molecule has 0 saturated heterocycles. The quantitative estimate of drug-likeness (QED) is 0.756. The number of rotatable bonds is 6. The van der Waals surface area contributed by atoms with Crippen molar-refractivity contribution in [2.24, 2.45) is 5.92 Å². The number of hydrogen-bond donors (Lipinski definition) is 3. The third-order valence-electron chi connectivity index (χ3n) is 4.62. The van der Waals surface area contributed by atoms with E-state index in [1.54, 1.807) is 12.1 Å². The fourth-order valence-corrected chi connectivity index (χ4v) is 3.35. The smallest absolute Gasteiger partial charge is 0.123 e. The molecule has 0 radical (unpaired) electrons. The second kappa shape index (κ2) is 7.53. The minimum atomic E-state index is -0.705. The summed E-state index contributed by atoms with van der Waals surface area (Å²) >= 11 is 0. The molecule has 1 aliphatic rings. The Morgan fingerprint density at radius 2 is 1.95 bits per heavy atom. The van der Waals surface area contributed by atoms with Crippen LogP contribution in [0.15, 0.2) is 24.3 Å². The van der Waals surface area contributed by atoms with E-state index < -0.39 is 6.10 Å². The molecule has 1 atom stereocenters. The first-order chi connectivity index (χ1) is 10.4. The van der Waals surface area contributed by atoms with Gasteiger partial charge in [-0.3, -0.25) is 0 Å². The number of benzene rings is 1. The second-order valence-electron chi connectivity index (χ2n) is 7.21. The monoisotopic (exact) mass is 309 g/mol. The first kappa shape index (κ1) is 17.4. The van der Waals surface area contributed by atoms with Crippen LogP contribution in [0, 0.1) is 11.7 Å². The van der Waals surface area contributed by atoms with Gasteiger partial charge in [0.2, 0.25) is 0 Å². The van der Waals surface area contributed by atoms with Crippen LogP contribution in [0.5, 0.6) is 0 Å². The van der Waals surface area contributed by atoms with Crippen LogP contribution in [-0.2, 0) is 0 Å². The van der Waals surface area contributed by atoms with Gasteiger partial charge in [-0.2, -0.15) is 0 Å². The number of nitrogens with one attached hydrogen (secondary N) is 1. The molecule has 1 fully saturated rings. The van der Waals surface area contributed by atoms with Crippen molar-refractivity contribution in [3.05, 3.63) is 35.6 Å².